The molecule has 4 rings (SSSR count). The standard InChI is InChI=1S/C18H21N3OS2/c1-12-7-10-24-17(12)16-15(14-6-2-3-8-19-14)20-18(23)21(16)11-13-5-4-9-22-13/h2-3,6-8,10,13,15-16H,4-5,9,11H2,1H3,(H,20,23)/t13-,15-,16-/m0/s1. The summed E-state index contributed by atoms with van der Waals surface area (Å²) in [5.41, 5.74) is 2.35. The fourth-order valence-electron chi connectivity index (χ4n) is 3.58. The number of nitrogens with zero attached hydrogens (tertiary/aromatic N) is 2. The first-order valence-electron chi connectivity index (χ1n) is 8.37. The first-order valence-corrected chi connectivity index (χ1v) is 9.66. The van der Waals surface area contributed by atoms with E-state index in [9.17, 15) is 0 Å². The predicted molar refractivity (Wildman–Crippen MR) is 100 cm³/mol. The Labute approximate surface area is 151 Å². The molecule has 0 unspecified atom stereocenters. The van der Waals surface area contributed by atoms with Crippen molar-refractivity contribution in [1.82, 2.24) is 15.2 Å². The number of hydrogen-bond acceptors (Lipinski definition) is 4. The second-order valence-electron chi connectivity index (χ2n) is 6.38. The van der Waals surface area contributed by atoms with Gasteiger partial charge >= 0.3 is 0 Å². The average molecular weight is 360 g/mol. The Balaban J connectivity index is 1.69. The highest BCUT2D eigenvalue weighted by Crippen LogP contribution is 2.42. The van der Waals surface area contributed by atoms with Crippen LogP contribution >= 0.6 is 23.6 Å². The number of pyridine rings is 1. The quantitative estimate of drug-likeness (QED) is 0.844. The number of ether oxygens (including phenoxy) is 1. The van der Waals surface area contributed by atoms with Crippen molar-refractivity contribution in [3.05, 3.63) is 52.0 Å². The third kappa shape index (κ3) is 2.94. The molecule has 0 aromatic carbocycles. The molecule has 24 heavy (non-hydrogen) atoms. The lowest BCUT2D eigenvalue weighted by Crippen LogP contribution is -2.36. The van der Waals surface area contributed by atoms with Crippen LogP contribution in [0.2, 0.25) is 0 Å². The number of aryl methyl sites for hydroxylation is 1. The minimum atomic E-state index is 0.0810. The summed E-state index contributed by atoms with van der Waals surface area (Å²) in [6, 6.07) is 8.50. The van der Waals surface area contributed by atoms with E-state index in [4.69, 9.17) is 17.0 Å². The zero-order valence-electron chi connectivity index (χ0n) is 13.6. The van der Waals surface area contributed by atoms with Crippen LogP contribution in [0, 0.1) is 6.92 Å². The van der Waals surface area contributed by atoms with Crippen molar-refractivity contribution in [2.45, 2.75) is 38.0 Å². The molecule has 6 heteroatoms. The highest BCUT2D eigenvalue weighted by Gasteiger charge is 2.42. The number of hydrogen-bond donors (Lipinski definition) is 1. The van der Waals surface area contributed by atoms with Gasteiger partial charge in [0, 0.05) is 24.2 Å². The van der Waals surface area contributed by atoms with Crippen LogP contribution in [0.4, 0.5) is 0 Å². The molecule has 4 nitrogen and oxygen atoms in total. The van der Waals surface area contributed by atoms with E-state index in [1.807, 2.05) is 18.3 Å². The second-order valence-corrected chi connectivity index (χ2v) is 7.72. The molecular formula is C18H21N3OS2. The maximum Gasteiger partial charge on any atom is 0.170 e. The van der Waals surface area contributed by atoms with E-state index in [1.54, 1.807) is 11.3 Å². The topological polar surface area (TPSA) is 37.4 Å². The minimum Gasteiger partial charge on any atom is -0.376 e. The molecule has 2 fully saturated rings. The van der Waals surface area contributed by atoms with Gasteiger partial charge in [-0.15, -0.1) is 11.3 Å². The lowest BCUT2D eigenvalue weighted by Gasteiger charge is -2.29. The monoisotopic (exact) mass is 359 g/mol. The fourth-order valence-corrected chi connectivity index (χ4v) is 4.97. The molecule has 0 amide bonds. The van der Waals surface area contributed by atoms with Gasteiger partial charge in [0.25, 0.3) is 0 Å². The van der Waals surface area contributed by atoms with Crippen LogP contribution < -0.4 is 5.32 Å². The SMILES string of the molecule is Cc1ccsc1[C@@H]1[C@H](c2ccccn2)NC(=S)N1C[C@@H]1CCCO1. The van der Waals surface area contributed by atoms with Crippen LogP contribution in [0.15, 0.2) is 35.8 Å². The second kappa shape index (κ2) is 6.78. The Kier molecular flexibility index (Phi) is 4.52. The minimum absolute atomic E-state index is 0.0810. The largest absolute Gasteiger partial charge is 0.376 e. The van der Waals surface area contributed by atoms with Crippen LogP contribution in [0.3, 0.4) is 0 Å². The van der Waals surface area contributed by atoms with Crippen molar-refractivity contribution >= 4 is 28.7 Å². The normalized spacial score (nSPS) is 26.8. The zero-order valence-corrected chi connectivity index (χ0v) is 15.3. The Morgan fingerprint density at radius 1 is 1.42 bits per heavy atom. The predicted octanol–water partition coefficient (Wildman–Crippen LogP) is 3.60. The summed E-state index contributed by atoms with van der Waals surface area (Å²) in [4.78, 5) is 8.24. The van der Waals surface area contributed by atoms with Gasteiger partial charge in [0.1, 0.15) is 0 Å². The highest BCUT2D eigenvalue weighted by molar-refractivity contribution is 7.80. The maximum absolute atomic E-state index is 5.86. The van der Waals surface area contributed by atoms with Gasteiger partial charge in [-0.3, -0.25) is 4.98 Å². The molecule has 0 aliphatic carbocycles. The van der Waals surface area contributed by atoms with Crippen LogP contribution in [-0.2, 0) is 4.74 Å². The molecule has 0 radical (unpaired) electrons. The van der Waals surface area contributed by atoms with Gasteiger partial charge in [0.2, 0.25) is 0 Å². The van der Waals surface area contributed by atoms with Gasteiger partial charge in [-0.25, -0.2) is 0 Å². The summed E-state index contributed by atoms with van der Waals surface area (Å²) < 4.78 is 5.86. The molecule has 0 spiro atoms. The highest BCUT2D eigenvalue weighted by atomic mass is 32.1. The van der Waals surface area contributed by atoms with Crippen LogP contribution in [0.5, 0.6) is 0 Å². The lowest BCUT2D eigenvalue weighted by atomic mass is 10.0. The Bertz CT molecular complexity index is 712. The van der Waals surface area contributed by atoms with Crippen LogP contribution in [0.1, 0.15) is 41.1 Å². The zero-order chi connectivity index (χ0) is 16.5. The Hall–Kier alpha value is -1.50. The van der Waals surface area contributed by atoms with Crippen molar-refractivity contribution < 1.29 is 4.74 Å². The van der Waals surface area contributed by atoms with E-state index < -0.39 is 0 Å². The fraction of sp³-hybridized carbons (Fsp3) is 0.444. The van der Waals surface area contributed by atoms with Crippen molar-refractivity contribution in [3.8, 4) is 0 Å². The van der Waals surface area contributed by atoms with E-state index >= 15 is 0 Å². The summed E-state index contributed by atoms with van der Waals surface area (Å²) in [6.45, 7) is 3.88. The summed E-state index contributed by atoms with van der Waals surface area (Å²) >= 11 is 7.48. The first-order chi connectivity index (χ1) is 11.7. The molecule has 0 saturated carbocycles. The van der Waals surface area contributed by atoms with Gasteiger partial charge in [-0.05, 0) is 61.1 Å². The number of thiophene rings is 1. The van der Waals surface area contributed by atoms with Crippen molar-refractivity contribution in [2.24, 2.45) is 0 Å². The van der Waals surface area contributed by atoms with E-state index in [2.05, 4.69) is 39.6 Å². The van der Waals surface area contributed by atoms with Gasteiger partial charge in [-0.2, -0.15) is 0 Å². The van der Waals surface area contributed by atoms with Crippen LogP contribution in [-0.4, -0.2) is 34.3 Å². The molecule has 2 aliphatic heterocycles. The molecule has 1 N–H and O–H groups in total. The number of rotatable bonds is 4. The summed E-state index contributed by atoms with van der Waals surface area (Å²) in [5, 5.41) is 6.47. The third-order valence-corrected chi connectivity index (χ3v) is 6.23. The van der Waals surface area contributed by atoms with E-state index in [0.717, 1.165) is 36.8 Å². The van der Waals surface area contributed by atoms with Gasteiger partial charge in [0.15, 0.2) is 5.11 Å². The van der Waals surface area contributed by atoms with Crippen molar-refractivity contribution in [2.75, 3.05) is 13.2 Å². The molecule has 126 valence electrons. The molecular weight excluding hydrogens is 338 g/mol. The molecule has 3 atom stereocenters. The molecule has 4 heterocycles. The number of nitrogens with one attached hydrogen (secondary N) is 1. The number of aromatic nitrogens is 1. The maximum atomic E-state index is 5.86. The van der Waals surface area contributed by atoms with Gasteiger partial charge in [0.05, 0.1) is 23.9 Å². The van der Waals surface area contributed by atoms with E-state index in [1.165, 1.54) is 10.4 Å². The molecule has 2 saturated heterocycles. The molecule has 2 aromatic heterocycles. The molecule has 0 bridgehead atoms. The third-order valence-electron chi connectivity index (χ3n) is 4.79. The summed E-state index contributed by atoms with van der Waals surface area (Å²) in [6.07, 6.45) is 4.38. The lowest BCUT2D eigenvalue weighted by molar-refractivity contribution is 0.0845. The Morgan fingerprint density at radius 2 is 2.33 bits per heavy atom. The van der Waals surface area contributed by atoms with Gasteiger partial charge < -0.3 is 15.0 Å². The van der Waals surface area contributed by atoms with Gasteiger partial charge in [-0.1, -0.05) is 6.07 Å². The summed E-state index contributed by atoms with van der Waals surface area (Å²) in [7, 11) is 0. The van der Waals surface area contributed by atoms with E-state index in [-0.39, 0.29) is 18.2 Å². The van der Waals surface area contributed by atoms with Crippen molar-refractivity contribution in [1.29, 1.82) is 0 Å². The Morgan fingerprint density at radius 3 is 3.00 bits per heavy atom. The number of thiocarbonyl (C=S) groups is 1. The molecule has 2 aliphatic rings. The van der Waals surface area contributed by atoms with Crippen LogP contribution in [0.25, 0.3) is 0 Å². The smallest absolute Gasteiger partial charge is 0.170 e. The average Bonchev–Trinajstić information content (AvgIpc) is 3.31. The summed E-state index contributed by atoms with van der Waals surface area (Å²) in [5.74, 6) is 0. The first kappa shape index (κ1) is 16.0. The van der Waals surface area contributed by atoms with Crippen molar-refractivity contribution in [3.63, 3.8) is 0 Å². The van der Waals surface area contributed by atoms with E-state index in [0.29, 0.717) is 0 Å². The molecule has 2 aromatic rings.